The molecule has 1 aliphatic rings. The summed E-state index contributed by atoms with van der Waals surface area (Å²) in [5, 5.41) is 11.6. The van der Waals surface area contributed by atoms with Gasteiger partial charge >= 0.3 is 12.1 Å². The Morgan fingerprint density at radius 3 is 2.74 bits per heavy atom. The molecule has 1 aliphatic heterocycles. The fourth-order valence-electron chi connectivity index (χ4n) is 2.19. The highest BCUT2D eigenvalue weighted by Gasteiger charge is 2.25. The van der Waals surface area contributed by atoms with Crippen LogP contribution in [0, 0.1) is 0 Å². The molecule has 0 spiro atoms. The largest absolute Gasteiger partial charge is 0.480 e. The number of aryl methyl sites for hydroxylation is 1. The molecule has 7 nitrogen and oxygen atoms in total. The van der Waals surface area contributed by atoms with Gasteiger partial charge in [0.2, 0.25) is 6.79 Å². The number of hydrogen-bond acceptors (Lipinski definition) is 5. The number of nitrogens with one attached hydrogen (secondary N) is 1. The van der Waals surface area contributed by atoms with Gasteiger partial charge in [0.15, 0.2) is 11.5 Å². The number of rotatable bonds is 5. The van der Waals surface area contributed by atoms with Gasteiger partial charge in [-0.1, -0.05) is 12.1 Å². The van der Waals surface area contributed by atoms with E-state index in [0.29, 0.717) is 17.9 Å². The average Bonchev–Trinajstić information content (AvgIpc) is 2.90. The molecule has 126 valence electrons. The number of alkyl carbamates (subject to hydrolysis) is 1. The number of hydrogen-bond donors (Lipinski definition) is 2. The molecule has 0 aliphatic carbocycles. The zero-order chi connectivity index (χ0) is 17.0. The second-order valence-electron chi connectivity index (χ2n) is 6.23. The first-order valence-electron chi connectivity index (χ1n) is 7.36. The highest BCUT2D eigenvalue weighted by atomic mass is 16.7. The van der Waals surface area contributed by atoms with E-state index in [1.54, 1.807) is 26.8 Å². The monoisotopic (exact) mass is 323 g/mol. The van der Waals surface area contributed by atoms with Crippen LogP contribution < -0.4 is 14.8 Å². The molecule has 1 aromatic carbocycles. The summed E-state index contributed by atoms with van der Waals surface area (Å²) >= 11 is 0. The third kappa shape index (κ3) is 4.77. The Balaban J connectivity index is 1.97. The summed E-state index contributed by atoms with van der Waals surface area (Å²) in [6.45, 7) is 5.30. The van der Waals surface area contributed by atoms with Gasteiger partial charge in [0.25, 0.3) is 0 Å². The maximum Gasteiger partial charge on any atom is 0.408 e. The maximum absolute atomic E-state index is 11.7. The van der Waals surface area contributed by atoms with E-state index >= 15 is 0 Å². The van der Waals surface area contributed by atoms with E-state index in [1.165, 1.54) is 0 Å². The van der Waals surface area contributed by atoms with Crippen molar-refractivity contribution in [1.29, 1.82) is 0 Å². The molecule has 0 fully saturated rings. The van der Waals surface area contributed by atoms with Crippen LogP contribution in [-0.2, 0) is 16.0 Å². The van der Waals surface area contributed by atoms with Crippen molar-refractivity contribution in [2.45, 2.75) is 45.3 Å². The zero-order valence-electron chi connectivity index (χ0n) is 13.4. The first kappa shape index (κ1) is 16.9. The van der Waals surface area contributed by atoms with Crippen molar-refractivity contribution in [1.82, 2.24) is 5.32 Å². The third-order valence-electron chi connectivity index (χ3n) is 3.17. The summed E-state index contributed by atoms with van der Waals surface area (Å²) in [6, 6.07) is 4.42. The standard InChI is InChI=1S/C16H21NO6/c1-16(2,3)23-15(20)17-11(14(18)19)8-7-10-5-4-6-12-13(10)22-9-21-12/h4-6,11H,7-9H2,1-3H3,(H,17,20)(H,18,19). The van der Waals surface area contributed by atoms with Crippen LogP contribution in [0.15, 0.2) is 18.2 Å². The van der Waals surface area contributed by atoms with Crippen molar-refractivity contribution in [3.63, 3.8) is 0 Å². The van der Waals surface area contributed by atoms with Crippen molar-refractivity contribution >= 4 is 12.1 Å². The second-order valence-corrected chi connectivity index (χ2v) is 6.23. The van der Waals surface area contributed by atoms with Gasteiger partial charge in [0.1, 0.15) is 11.6 Å². The van der Waals surface area contributed by atoms with Gasteiger partial charge < -0.3 is 24.6 Å². The van der Waals surface area contributed by atoms with E-state index in [-0.39, 0.29) is 13.2 Å². The average molecular weight is 323 g/mol. The Kier molecular flexibility index (Phi) is 4.98. The van der Waals surface area contributed by atoms with Crippen molar-refractivity contribution in [2.24, 2.45) is 0 Å². The van der Waals surface area contributed by atoms with Gasteiger partial charge in [-0.15, -0.1) is 0 Å². The van der Waals surface area contributed by atoms with Gasteiger partial charge in [-0.25, -0.2) is 9.59 Å². The minimum atomic E-state index is -1.11. The number of carbonyl (C=O) groups is 2. The minimum Gasteiger partial charge on any atom is -0.480 e. The van der Waals surface area contributed by atoms with Crippen LogP contribution in [0.25, 0.3) is 0 Å². The molecule has 1 atom stereocenters. The van der Waals surface area contributed by atoms with Gasteiger partial charge in [-0.05, 0) is 45.2 Å². The molecule has 0 saturated heterocycles. The molecule has 2 rings (SSSR count). The lowest BCUT2D eigenvalue weighted by molar-refractivity contribution is -0.139. The topological polar surface area (TPSA) is 94.1 Å². The number of fused-ring (bicyclic) bond motifs is 1. The molecule has 1 aromatic rings. The number of para-hydroxylation sites is 1. The quantitative estimate of drug-likeness (QED) is 0.863. The van der Waals surface area contributed by atoms with E-state index in [1.807, 2.05) is 12.1 Å². The molecule has 2 N–H and O–H groups in total. The number of ether oxygens (including phenoxy) is 3. The molecular weight excluding hydrogens is 302 g/mol. The molecule has 0 aromatic heterocycles. The summed E-state index contributed by atoms with van der Waals surface area (Å²) < 4.78 is 15.8. The van der Waals surface area contributed by atoms with Crippen LogP contribution in [0.4, 0.5) is 4.79 Å². The van der Waals surface area contributed by atoms with Crippen LogP contribution in [0.3, 0.4) is 0 Å². The van der Waals surface area contributed by atoms with E-state index < -0.39 is 23.7 Å². The number of carboxylic acids is 1. The van der Waals surface area contributed by atoms with E-state index in [4.69, 9.17) is 14.2 Å². The molecule has 1 heterocycles. The smallest absolute Gasteiger partial charge is 0.408 e. The first-order chi connectivity index (χ1) is 10.8. The fourth-order valence-corrected chi connectivity index (χ4v) is 2.19. The summed E-state index contributed by atoms with van der Waals surface area (Å²) in [7, 11) is 0. The summed E-state index contributed by atoms with van der Waals surface area (Å²) in [4.78, 5) is 23.1. The van der Waals surface area contributed by atoms with Gasteiger partial charge in [-0.2, -0.15) is 0 Å². The molecule has 0 bridgehead atoms. The number of carbonyl (C=O) groups excluding carboxylic acids is 1. The minimum absolute atomic E-state index is 0.158. The Hall–Kier alpha value is -2.44. The molecule has 1 unspecified atom stereocenters. The Bertz CT molecular complexity index is 593. The van der Waals surface area contributed by atoms with Crippen molar-refractivity contribution in [3.8, 4) is 11.5 Å². The molecule has 0 saturated carbocycles. The predicted molar refractivity (Wildman–Crippen MR) is 81.7 cm³/mol. The van der Waals surface area contributed by atoms with Crippen LogP contribution >= 0.6 is 0 Å². The zero-order valence-corrected chi connectivity index (χ0v) is 13.4. The third-order valence-corrected chi connectivity index (χ3v) is 3.17. The molecule has 1 amide bonds. The Morgan fingerprint density at radius 2 is 2.09 bits per heavy atom. The van der Waals surface area contributed by atoms with Crippen molar-refractivity contribution in [3.05, 3.63) is 23.8 Å². The first-order valence-corrected chi connectivity index (χ1v) is 7.36. The van der Waals surface area contributed by atoms with Gasteiger partial charge in [-0.3, -0.25) is 0 Å². The molecular formula is C16H21NO6. The lowest BCUT2D eigenvalue weighted by atomic mass is 10.0. The van der Waals surface area contributed by atoms with Crippen LogP contribution in [0.5, 0.6) is 11.5 Å². The van der Waals surface area contributed by atoms with Crippen molar-refractivity contribution in [2.75, 3.05) is 6.79 Å². The number of benzene rings is 1. The van der Waals surface area contributed by atoms with E-state index in [9.17, 15) is 14.7 Å². The van der Waals surface area contributed by atoms with Crippen molar-refractivity contribution < 1.29 is 28.9 Å². The Morgan fingerprint density at radius 1 is 1.35 bits per heavy atom. The van der Waals surface area contributed by atoms with Crippen LogP contribution in [-0.4, -0.2) is 35.6 Å². The second kappa shape index (κ2) is 6.76. The number of amides is 1. The fraction of sp³-hybridized carbons (Fsp3) is 0.500. The molecule has 23 heavy (non-hydrogen) atoms. The maximum atomic E-state index is 11.7. The summed E-state index contributed by atoms with van der Waals surface area (Å²) in [5.74, 6) is 0.170. The highest BCUT2D eigenvalue weighted by molar-refractivity contribution is 5.80. The van der Waals surface area contributed by atoms with Crippen LogP contribution in [0.1, 0.15) is 32.8 Å². The summed E-state index contributed by atoms with van der Waals surface area (Å²) in [6.07, 6.45) is -0.101. The molecule has 7 heteroatoms. The predicted octanol–water partition coefficient (Wildman–Crippen LogP) is 2.33. The summed E-state index contributed by atoms with van der Waals surface area (Å²) in [5.41, 5.74) is 0.163. The normalized spacial score (nSPS) is 14.2. The van der Waals surface area contributed by atoms with Crippen LogP contribution in [0.2, 0.25) is 0 Å². The van der Waals surface area contributed by atoms with E-state index in [2.05, 4.69) is 5.32 Å². The van der Waals surface area contributed by atoms with E-state index in [0.717, 1.165) is 5.56 Å². The number of aliphatic carboxylic acids is 1. The van der Waals surface area contributed by atoms with Gasteiger partial charge in [0, 0.05) is 0 Å². The number of carboxylic acid groups (broad SMARTS) is 1. The lowest BCUT2D eigenvalue weighted by Crippen LogP contribution is -2.43. The highest BCUT2D eigenvalue weighted by Crippen LogP contribution is 2.35. The SMILES string of the molecule is CC(C)(C)OC(=O)NC(CCc1cccc2c1OCO2)C(=O)O. The van der Waals surface area contributed by atoms with Gasteiger partial charge in [0.05, 0.1) is 0 Å². The Labute approximate surface area is 134 Å². The molecule has 0 radical (unpaired) electrons. The lowest BCUT2D eigenvalue weighted by Gasteiger charge is -2.22.